The first kappa shape index (κ1) is 20.8. The van der Waals surface area contributed by atoms with Crippen molar-refractivity contribution in [3.8, 4) is 0 Å². The van der Waals surface area contributed by atoms with E-state index in [1.165, 1.54) is 19.4 Å². The first-order valence-corrected chi connectivity index (χ1v) is 9.02. The van der Waals surface area contributed by atoms with Crippen LogP contribution in [0.3, 0.4) is 0 Å². The molecule has 0 spiro atoms. The highest BCUT2D eigenvalue weighted by Crippen LogP contribution is 2.22. The van der Waals surface area contributed by atoms with Crippen LogP contribution in [0.4, 0.5) is 0 Å². The van der Waals surface area contributed by atoms with Gasteiger partial charge in [-0.1, -0.05) is 11.6 Å². The highest BCUT2D eigenvalue weighted by atomic mass is 127. The molecule has 3 heterocycles. The van der Waals surface area contributed by atoms with Gasteiger partial charge in [0.15, 0.2) is 5.96 Å². The second-order valence-corrected chi connectivity index (χ2v) is 7.23. The second kappa shape index (κ2) is 9.43. The normalized spacial score (nSPS) is 23.9. The fourth-order valence-electron chi connectivity index (χ4n) is 3.64. The molecule has 1 N–H and O–H groups in total. The Morgan fingerprint density at radius 1 is 1.52 bits per heavy atom. The average Bonchev–Trinajstić information content (AvgIpc) is 3.13. The van der Waals surface area contributed by atoms with Crippen LogP contribution in [-0.4, -0.2) is 72.8 Å². The molecule has 1 aromatic rings. The summed E-state index contributed by atoms with van der Waals surface area (Å²) in [5, 5.41) is 4.21. The zero-order valence-corrected chi connectivity index (χ0v) is 18.3. The standard InChI is InChI=1S/C17H28ClN5O.HI/c1-19-17(22(3)10-15-7-13(18)9-21(15)2)20-8-16-11-23-6-4-5-14(23)12-24-16;/h7,9,14,16H,4-6,8,10-12H2,1-3H3,(H,19,20);1H. The summed E-state index contributed by atoms with van der Waals surface area (Å²) in [7, 11) is 5.86. The third-order valence-corrected chi connectivity index (χ3v) is 5.20. The molecule has 0 bridgehead atoms. The monoisotopic (exact) mass is 481 g/mol. The number of nitrogens with zero attached hydrogens (tertiary/aromatic N) is 4. The number of aromatic nitrogens is 1. The van der Waals surface area contributed by atoms with E-state index in [2.05, 4.69) is 20.1 Å². The van der Waals surface area contributed by atoms with Crippen molar-refractivity contribution < 1.29 is 4.74 Å². The van der Waals surface area contributed by atoms with Gasteiger partial charge in [-0.15, -0.1) is 24.0 Å². The number of hydrogen-bond acceptors (Lipinski definition) is 3. The first-order valence-electron chi connectivity index (χ1n) is 8.65. The predicted molar refractivity (Wildman–Crippen MR) is 113 cm³/mol. The zero-order chi connectivity index (χ0) is 17.1. The highest BCUT2D eigenvalue weighted by molar-refractivity contribution is 14.0. The van der Waals surface area contributed by atoms with Crippen LogP contribution in [-0.2, 0) is 18.3 Å². The van der Waals surface area contributed by atoms with Crippen LogP contribution in [0, 0.1) is 0 Å². The third kappa shape index (κ3) is 5.24. The smallest absolute Gasteiger partial charge is 0.193 e. The number of nitrogens with one attached hydrogen (secondary N) is 1. The predicted octanol–water partition coefficient (Wildman–Crippen LogP) is 2.17. The van der Waals surface area contributed by atoms with Gasteiger partial charge in [0.25, 0.3) is 0 Å². The van der Waals surface area contributed by atoms with Gasteiger partial charge in [0.1, 0.15) is 0 Å². The summed E-state index contributed by atoms with van der Waals surface area (Å²) < 4.78 is 8.05. The molecule has 1 aromatic heterocycles. The number of ether oxygens (including phenoxy) is 1. The van der Waals surface area contributed by atoms with Crippen molar-refractivity contribution in [1.29, 1.82) is 0 Å². The summed E-state index contributed by atoms with van der Waals surface area (Å²) in [6.45, 7) is 4.64. The Hall–Kier alpha value is -0.510. The zero-order valence-electron chi connectivity index (χ0n) is 15.2. The minimum Gasteiger partial charge on any atom is -0.373 e. The van der Waals surface area contributed by atoms with Gasteiger partial charge in [0.05, 0.1) is 24.3 Å². The van der Waals surface area contributed by atoms with Gasteiger partial charge < -0.3 is 19.5 Å². The summed E-state index contributed by atoms with van der Waals surface area (Å²) in [6.07, 6.45) is 4.74. The summed E-state index contributed by atoms with van der Waals surface area (Å²) >= 11 is 6.06. The van der Waals surface area contributed by atoms with Gasteiger partial charge in [-0.3, -0.25) is 9.89 Å². The number of aryl methyl sites for hydroxylation is 1. The molecule has 0 amide bonds. The molecule has 2 atom stereocenters. The summed E-state index contributed by atoms with van der Waals surface area (Å²) in [5.41, 5.74) is 1.15. The Morgan fingerprint density at radius 3 is 3.00 bits per heavy atom. The van der Waals surface area contributed by atoms with Crippen molar-refractivity contribution in [3.63, 3.8) is 0 Å². The Morgan fingerprint density at radius 2 is 2.32 bits per heavy atom. The van der Waals surface area contributed by atoms with Crippen LogP contribution >= 0.6 is 35.6 Å². The third-order valence-electron chi connectivity index (χ3n) is 5.00. The molecule has 25 heavy (non-hydrogen) atoms. The Bertz CT molecular complexity index is 594. The van der Waals surface area contributed by atoms with E-state index in [4.69, 9.17) is 16.3 Å². The Labute approximate surface area is 172 Å². The largest absolute Gasteiger partial charge is 0.373 e. The molecule has 2 aliphatic heterocycles. The molecule has 142 valence electrons. The number of morpholine rings is 1. The van der Waals surface area contributed by atoms with Gasteiger partial charge in [0.2, 0.25) is 0 Å². The average molecular weight is 482 g/mol. The fourth-order valence-corrected chi connectivity index (χ4v) is 3.91. The molecule has 0 aromatic carbocycles. The lowest BCUT2D eigenvalue weighted by atomic mass is 10.2. The van der Waals surface area contributed by atoms with Crippen LogP contribution in [0.5, 0.6) is 0 Å². The van der Waals surface area contributed by atoms with E-state index in [0.717, 1.165) is 42.9 Å². The summed E-state index contributed by atoms with van der Waals surface area (Å²) in [4.78, 5) is 9.06. The number of fused-ring (bicyclic) bond motifs is 1. The highest BCUT2D eigenvalue weighted by Gasteiger charge is 2.32. The lowest BCUT2D eigenvalue weighted by Gasteiger charge is -2.35. The quantitative estimate of drug-likeness (QED) is 0.407. The minimum atomic E-state index is 0. The van der Waals surface area contributed by atoms with E-state index in [1.54, 1.807) is 0 Å². The molecule has 2 fully saturated rings. The Kier molecular flexibility index (Phi) is 7.85. The van der Waals surface area contributed by atoms with Gasteiger partial charge >= 0.3 is 0 Å². The van der Waals surface area contributed by atoms with Crippen LogP contribution in [0.1, 0.15) is 18.5 Å². The lowest BCUT2D eigenvalue weighted by molar-refractivity contribution is -0.0454. The molecule has 0 saturated carbocycles. The molecule has 3 rings (SSSR count). The van der Waals surface area contributed by atoms with Crippen LogP contribution in [0.2, 0.25) is 5.02 Å². The van der Waals surface area contributed by atoms with Crippen LogP contribution in [0.25, 0.3) is 0 Å². The number of halogens is 2. The minimum absolute atomic E-state index is 0. The van der Waals surface area contributed by atoms with Crippen molar-refractivity contribution in [1.82, 2.24) is 19.7 Å². The number of hydrogen-bond donors (Lipinski definition) is 1. The first-order chi connectivity index (χ1) is 11.6. The number of guanidine groups is 1. The summed E-state index contributed by atoms with van der Waals surface area (Å²) in [5.74, 6) is 0.875. The van der Waals surface area contributed by atoms with E-state index in [0.29, 0.717) is 6.04 Å². The van der Waals surface area contributed by atoms with E-state index in [1.807, 2.05) is 38.0 Å². The maximum Gasteiger partial charge on any atom is 0.193 e. The molecular weight excluding hydrogens is 453 g/mol. The number of rotatable bonds is 4. The fraction of sp³-hybridized carbons (Fsp3) is 0.706. The van der Waals surface area contributed by atoms with Gasteiger partial charge in [-0.25, -0.2) is 0 Å². The molecule has 2 unspecified atom stereocenters. The van der Waals surface area contributed by atoms with Crippen LogP contribution in [0.15, 0.2) is 17.3 Å². The van der Waals surface area contributed by atoms with Gasteiger partial charge in [-0.2, -0.15) is 0 Å². The topological polar surface area (TPSA) is 45.0 Å². The molecule has 8 heteroatoms. The SMILES string of the molecule is CN=C(NCC1CN2CCCC2CO1)N(C)Cc1cc(Cl)cn1C.I. The van der Waals surface area contributed by atoms with Crippen molar-refractivity contribution >= 4 is 41.5 Å². The number of aliphatic imine (C=N–C) groups is 1. The maximum atomic E-state index is 6.06. The van der Waals surface area contributed by atoms with E-state index in [-0.39, 0.29) is 30.1 Å². The molecule has 0 radical (unpaired) electrons. The van der Waals surface area contributed by atoms with Crippen LogP contribution < -0.4 is 5.32 Å². The van der Waals surface area contributed by atoms with Crippen molar-refractivity contribution in [3.05, 3.63) is 23.0 Å². The van der Waals surface area contributed by atoms with Crippen molar-refractivity contribution in [2.24, 2.45) is 12.0 Å². The van der Waals surface area contributed by atoms with E-state index in [9.17, 15) is 0 Å². The molecular formula is C17H29ClIN5O. The van der Waals surface area contributed by atoms with E-state index >= 15 is 0 Å². The molecule has 2 saturated heterocycles. The van der Waals surface area contributed by atoms with Gasteiger partial charge in [0, 0.05) is 52.2 Å². The molecule has 2 aliphatic rings. The van der Waals surface area contributed by atoms with Crippen molar-refractivity contribution in [2.45, 2.75) is 31.5 Å². The van der Waals surface area contributed by atoms with E-state index < -0.39 is 0 Å². The molecule has 6 nitrogen and oxygen atoms in total. The Balaban J connectivity index is 0.00000225. The maximum absolute atomic E-state index is 6.06. The molecule has 0 aliphatic carbocycles. The lowest BCUT2D eigenvalue weighted by Crippen LogP contribution is -2.51. The second-order valence-electron chi connectivity index (χ2n) is 6.79. The summed E-state index contributed by atoms with van der Waals surface area (Å²) in [6, 6.07) is 2.63. The van der Waals surface area contributed by atoms with Crippen molar-refractivity contribution in [2.75, 3.05) is 40.3 Å². The van der Waals surface area contributed by atoms with Gasteiger partial charge in [-0.05, 0) is 25.5 Å².